The monoisotopic (exact) mass is 229 g/mol. The molecule has 0 spiro atoms. The lowest BCUT2D eigenvalue weighted by Crippen LogP contribution is -2.25. The van der Waals surface area contributed by atoms with Gasteiger partial charge in [0.1, 0.15) is 5.69 Å². The molecule has 0 amide bonds. The van der Waals surface area contributed by atoms with Gasteiger partial charge in [0.2, 0.25) is 0 Å². The first-order valence-electron chi connectivity index (χ1n) is 5.65. The van der Waals surface area contributed by atoms with Crippen molar-refractivity contribution in [2.24, 2.45) is 0 Å². The minimum absolute atomic E-state index is 0.216. The van der Waals surface area contributed by atoms with Crippen LogP contribution in [0.3, 0.4) is 0 Å². The van der Waals surface area contributed by atoms with Crippen molar-refractivity contribution >= 4 is 5.69 Å². The van der Waals surface area contributed by atoms with Crippen LogP contribution in [0.15, 0.2) is 41.2 Å². The van der Waals surface area contributed by atoms with E-state index in [1.807, 2.05) is 37.3 Å². The molecule has 4 heteroatoms. The quantitative estimate of drug-likeness (QED) is 0.874. The zero-order valence-corrected chi connectivity index (χ0v) is 9.76. The Kier molecular flexibility index (Phi) is 3.23. The fourth-order valence-electron chi connectivity index (χ4n) is 1.68. The van der Waals surface area contributed by atoms with Crippen LogP contribution in [0.1, 0.15) is 13.3 Å². The Bertz CT molecular complexity index is 561. The molecule has 0 bridgehead atoms. The van der Waals surface area contributed by atoms with Crippen molar-refractivity contribution in [3.8, 4) is 11.3 Å². The van der Waals surface area contributed by atoms with Gasteiger partial charge in [-0.2, -0.15) is 5.10 Å². The normalized spacial score (nSPS) is 10.4. The first-order valence-corrected chi connectivity index (χ1v) is 5.65. The van der Waals surface area contributed by atoms with E-state index in [1.54, 1.807) is 6.07 Å². The van der Waals surface area contributed by atoms with Crippen molar-refractivity contribution in [1.29, 1.82) is 0 Å². The summed E-state index contributed by atoms with van der Waals surface area (Å²) in [6, 6.07) is 11.3. The van der Waals surface area contributed by atoms with Gasteiger partial charge >= 0.3 is 0 Å². The van der Waals surface area contributed by atoms with Gasteiger partial charge in [0.25, 0.3) is 5.56 Å². The van der Waals surface area contributed by atoms with Gasteiger partial charge in [-0.05, 0) is 12.5 Å². The van der Waals surface area contributed by atoms with E-state index in [4.69, 9.17) is 5.73 Å². The highest BCUT2D eigenvalue weighted by atomic mass is 16.1. The molecule has 0 aliphatic heterocycles. The summed E-state index contributed by atoms with van der Waals surface area (Å²) >= 11 is 0. The number of rotatable bonds is 3. The van der Waals surface area contributed by atoms with Gasteiger partial charge in [0.05, 0.1) is 5.69 Å². The maximum absolute atomic E-state index is 11.7. The Morgan fingerprint density at radius 3 is 2.65 bits per heavy atom. The molecule has 0 radical (unpaired) electrons. The van der Waals surface area contributed by atoms with E-state index in [2.05, 4.69) is 5.10 Å². The van der Waals surface area contributed by atoms with Crippen LogP contribution >= 0.6 is 0 Å². The molecule has 2 rings (SSSR count). The molecule has 0 fully saturated rings. The number of nitrogens with zero attached hydrogens (tertiary/aromatic N) is 2. The van der Waals surface area contributed by atoms with Crippen LogP contribution in [-0.4, -0.2) is 9.78 Å². The minimum Gasteiger partial charge on any atom is -0.394 e. The van der Waals surface area contributed by atoms with Crippen LogP contribution in [-0.2, 0) is 6.54 Å². The maximum Gasteiger partial charge on any atom is 0.289 e. The number of nitrogens with two attached hydrogens (primary N) is 1. The van der Waals surface area contributed by atoms with E-state index in [-0.39, 0.29) is 11.2 Å². The Hall–Kier alpha value is -2.10. The average Bonchev–Trinajstić information content (AvgIpc) is 2.36. The zero-order valence-electron chi connectivity index (χ0n) is 9.76. The molecule has 1 heterocycles. The largest absolute Gasteiger partial charge is 0.394 e. The van der Waals surface area contributed by atoms with Gasteiger partial charge in [-0.25, -0.2) is 4.68 Å². The molecule has 0 unspecified atom stereocenters. The number of anilines is 1. The fourth-order valence-corrected chi connectivity index (χ4v) is 1.68. The van der Waals surface area contributed by atoms with E-state index in [0.29, 0.717) is 6.54 Å². The third-order valence-corrected chi connectivity index (χ3v) is 2.51. The molecule has 0 aliphatic carbocycles. The summed E-state index contributed by atoms with van der Waals surface area (Å²) in [6.45, 7) is 2.59. The highest BCUT2D eigenvalue weighted by molar-refractivity contribution is 5.61. The maximum atomic E-state index is 11.7. The van der Waals surface area contributed by atoms with Crippen LogP contribution in [0.2, 0.25) is 0 Å². The van der Waals surface area contributed by atoms with Crippen molar-refractivity contribution in [2.45, 2.75) is 19.9 Å². The Balaban J connectivity index is 2.53. The molecule has 0 saturated heterocycles. The number of aryl methyl sites for hydroxylation is 1. The standard InChI is InChI=1S/C13H15N3O/c1-2-8-16-13(17)11(14)9-12(15-16)10-6-4-3-5-7-10/h3-7,9H,2,8,14H2,1H3. The molecule has 4 nitrogen and oxygen atoms in total. The highest BCUT2D eigenvalue weighted by Crippen LogP contribution is 2.16. The van der Waals surface area contributed by atoms with E-state index in [1.165, 1.54) is 4.68 Å². The molecule has 88 valence electrons. The van der Waals surface area contributed by atoms with Crippen LogP contribution in [0.25, 0.3) is 11.3 Å². The minimum atomic E-state index is -0.216. The summed E-state index contributed by atoms with van der Waals surface area (Å²) in [5, 5.41) is 4.32. The second kappa shape index (κ2) is 4.82. The van der Waals surface area contributed by atoms with Gasteiger partial charge in [-0.1, -0.05) is 37.3 Å². The average molecular weight is 229 g/mol. The topological polar surface area (TPSA) is 60.9 Å². The van der Waals surface area contributed by atoms with E-state index in [9.17, 15) is 4.79 Å². The van der Waals surface area contributed by atoms with Crippen LogP contribution in [0, 0.1) is 0 Å². The van der Waals surface area contributed by atoms with Gasteiger partial charge in [-0.3, -0.25) is 4.79 Å². The number of hydrogen-bond acceptors (Lipinski definition) is 3. The molecular weight excluding hydrogens is 214 g/mol. The molecule has 2 aromatic rings. The third kappa shape index (κ3) is 2.36. The smallest absolute Gasteiger partial charge is 0.289 e. The summed E-state index contributed by atoms with van der Waals surface area (Å²) in [4.78, 5) is 11.7. The molecule has 2 N–H and O–H groups in total. The highest BCUT2D eigenvalue weighted by Gasteiger charge is 2.06. The van der Waals surface area contributed by atoms with Crippen molar-refractivity contribution in [1.82, 2.24) is 9.78 Å². The predicted molar refractivity (Wildman–Crippen MR) is 68.6 cm³/mol. The van der Waals surface area contributed by atoms with Crippen LogP contribution < -0.4 is 11.3 Å². The molecule has 0 saturated carbocycles. The lowest BCUT2D eigenvalue weighted by Gasteiger charge is -2.07. The number of hydrogen-bond donors (Lipinski definition) is 1. The van der Waals surface area contributed by atoms with Gasteiger partial charge in [-0.15, -0.1) is 0 Å². The summed E-state index contributed by atoms with van der Waals surface area (Å²) in [5.41, 5.74) is 7.44. The predicted octanol–water partition coefficient (Wildman–Crippen LogP) is 1.90. The lowest BCUT2D eigenvalue weighted by molar-refractivity contribution is 0.572. The van der Waals surface area contributed by atoms with Crippen LogP contribution in [0.5, 0.6) is 0 Å². The van der Waals surface area contributed by atoms with Crippen LogP contribution in [0.4, 0.5) is 5.69 Å². The number of aromatic nitrogens is 2. The number of benzene rings is 1. The summed E-state index contributed by atoms with van der Waals surface area (Å²) in [7, 11) is 0. The summed E-state index contributed by atoms with van der Waals surface area (Å²) < 4.78 is 1.43. The Morgan fingerprint density at radius 1 is 1.29 bits per heavy atom. The van der Waals surface area contributed by atoms with Crippen molar-refractivity contribution in [3.63, 3.8) is 0 Å². The second-order valence-electron chi connectivity index (χ2n) is 3.88. The Morgan fingerprint density at radius 2 is 2.00 bits per heavy atom. The zero-order chi connectivity index (χ0) is 12.3. The first-order chi connectivity index (χ1) is 8.22. The fraction of sp³-hybridized carbons (Fsp3) is 0.231. The molecule has 0 aliphatic rings. The molecular formula is C13H15N3O. The van der Waals surface area contributed by atoms with Gasteiger partial charge in [0, 0.05) is 12.1 Å². The summed E-state index contributed by atoms with van der Waals surface area (Å²) in [5.74, 6) is 0. The lowest BCUT2D eigenvalue weighted by atomic mass is 10.1. The van der Waals surface area contributed by atoms with Gasteiger partial charge in [0.15, 0.2) is 0 Å². The molecule has 1 aromatic carbocycles. The Labute approximate surface area is 99.7 Å². The van der Waals surface area contributed by atoms with Crippen molar-refractivity contribution in [2.75, 3.05) is 5.73 Å². The van der Waals surface area contributed by atoms with Crippen molar-refractivity contribution < 1.29 is 0 Å². The van der Waals surface area contributed by atoms with Gasteiger partial charge < -0.3 is 5.73 Å². The van der Waals surface area contributed by atoms with E-state index in [0.717, 1.165) is 17.7 Å². The van der Waals surface area contributed by atoms with E-state index >= 15 is 0 Å². The molecule has 1 aromatic heterocycles. The second-order valence-corrected chi connectivity index (χ2v) is 3.88. The SMILES string of the molecule is CCCn1nc(-c2ccccc2)cc(N)c1=O. The third-order valence-electron chi connectivity index (χ3n) is 2.51. The first kappa shape index (κ1) is 11.4. The van der Waals surface area contributed by atoms with E-state index < -0.39 is 0 Å². The van der Waals surface area contributed by atoms with Crippen molar-refractivity contribution in [3.05, 3.63) is 46.8 Å². The molecule has 0 atom stereocenters. The number of nitrogen functional groups attached to an aromatic ring is 1. The molecule has 17 heavy (non-hydrogen) atoms. The summed E-state index contributed by atoms with van der Waals surface area (Å²) in [6.07, 6.45) is 0.852.